The molecule has 9 nitrogen and oxygen atoms in total. The molecule has 4 aliphatic heterocycles. The lowest BCUT2D eigenvalue weighted by Gasteiger charge is -2.38. The van der Waals surface area contributed by atoms with E-state index < -0.39 is 17.6 Å². The smallest absolute Gasteiger partial charge is 0.256 e. The fourth-order valence-electron chi connectivity index (χ4n) is 5.77. The molecule has 0 bridgehead atoms. The fraction of sp³-hybridized carbons (Fsp3) is 0.481. The molecule has 2 aromatic rings. The zero-order chi connectivity index (χ0) is 24.9. The lowest BCUT2D eigenvalue weighted by Crippen LogP contribution is -2.52. The van der Waals surface area contributed by atoms with Crippen molar-refractivity contribution in [2.24, 2.45) is 0 Å². The van der Waals surface area contributed by atoms with Gasteiger partial charge in [0.05, 0.1) is 30.1 Å². The number of rotatable bonds is 4. The van der Waals surface area contributed by atoms with E-state index in [9.17, 15) is 19.5 Å². The van der Waals surface area contributed by atoms with Gasteiger partial charge in [-0.05, 0) is 61.4 Å². The van der Waals surface area contributed by atoms with E-state index in [4.69, 9.17) is 9.72 Å². The van der Waals surface area contributed by atoms with Crippen LogP contribution >= 0.6 is 0 Å². The maximum absolute atomic E-state index is 12.9. The van der Waals surface area contributed by atoms with Gasteiger partial charge >= 0.3 is 0 Å². The standard InChI is InChI=1S/C27H30N4O5/c32-24-8-6-21(25(33)29-24)31-16-20-19(26(31)34)5-7-23(28-20)27(35)9-11-30(12-10-27)15-17-3-4-18-2-1-13-36-22(18)14-17/h3-5,7,14,21,35H,1-2,6,8-13,15-16H2,(H,29,32,33). The second kappa shape index (κ2) is 8.97. The zero-order valence-electron chi connectivity index (χ0n) is 20.2. The molecular weight excluding hydrogens is 460 g/mol. The van der Waals surface area contributed by atoms with Crippen molar-refractivity contribution in [1.82, 2.24) is 20.1 Å². The first-order valence-corrected chi connectivity index (χ1v) is 12.7. The lowest BCUT2D eigenvalue weighted by atomic mass is 9.87. The molecule has 188 valence electrons. The lowest BCUT2D eigenvalue weighted by molar-refractivity contribution is -0.136. The van der Waals surface area contributed by atoms with Crippen LogP contribution in [0.3, 0.4) is 0 Å². The highest BCUT2D eigenvalue weighted by atomic mass is 16.5. The molecule has 0 aliphatic carbocycles. The summed E-state index contributed by atoms with van der Waals surface area (Å²) in [4.78, 5) is 45.2. The Labute approximate surface area is 209 Å². The Morgan fingerprint density at radius 3 is 2.75 bits per heavy atom. The van der Waals surface area contributed by atoms with Crippen LogP contribution in [0.2, 0.25) is 0 Å². The van der Waals surface area contributed by atoms with E-state index in [1.54, 1.807) is 12.1 Å². The Balaban J connectivity index is 1.12. The third-order valence-electron chi connectivity index (χ3n) is 7.92. The van der Waals surface area contributed by atoms with E-state index in [2.05, 4.69) is 28.4 Å². The number of pyridine rings is 1. The quantitative estimate of drug-likeness (QED) is 0.627. The summed E-state index contributed by atoms with van der Waals surface area (Å²) in [6.45, 7) is 3.25. The summed E-state index contributed by atoms with van der Waals surface area (Å²) in [6.07, 6.45) is 3.75. The molecule has 2 fully saturated rings. The van der Waals surface area contributed by atoms with Gasteiger partial charge in [0.1, 0.15) is 17.4 Å². The molecule has 4 aliphatic rings. The van der Waals surface area contributed by atoms with Crippen molar-refractivity contribution in [3.05, 3.63) is 58.4 Å². The molecule has 9 heteroatoms. The first-order chi connectivity index (χ1) is 17.4. The second-order valence-corrected chi connectivity index (χ2v) is 10.3. The molecule has 6 rings (SSSR count). The van der Waals surface area contributed by atoms with Gasteiger partial charge in [0.15, 0.2) is 0 Å². The number of hydrogen-bond acceptors (Lipinski definition) is 7. The van der Waals surface area contributed by atoms with Crippen LogP contribution < -0.4 is 10.1 Å². The molecule has 1 aromatic heterocycles. The third kappa shape index (κ3) is 4.16. The van der Waals surface area contributed by atoms with E-state index >= 15 is 0 Å². The summed E-state index contributed by atoms with van der Waals surface area (Å²) in [5, 5.41) is 13.8. The molecular formula is C27H30N4O5. The summed E-state index contributed by atoms with van der Waals surface area (Å²) in [5.41, 5.74) is 3.03. The van der Waals surface area contributed by atoms with E-state index in [1.807, 2.05) is 0 Å². The van der Waals surface area contributed by atoms with Crippen LogP contribution in [0, 0.1) is 0 Å². The maximum atomic E-state index is 12.9. The van der Waals surface area contributed by atoms with Crippen LogP contribution in [0.1, 0.15) is 65.0 Å². The number of imide groups is 1. The monoisotopic (exact) mass is 490 g/mol. The van der Waals surface area contributed by atoms with Gasteiger partial charge in [0.25, 0.3) is 5.91 Å². The first-order valence-electron chi connectivity index (χ1n) is 12.7. The third-order valence-corrected chi connectivity index (χ3v) is 7.92. The van der Waals surface area contributed by atoms with Gasteiger partial charge in [0.2, 0.25) is 11.8 Å². The number of piperidine rings is 2. The van der Waals surface area contributed by atoms with Crippen molar-refractivity contribution < 1.29 is 24.2 Å². The molecule has 0 saturated carbocycles. The van der Waals surface area contributed by atoms with Gasteiger partial charge < -0.3 is 14.7 Å². The van der Waals surface area contributed by atoms with Crippen molar-refractivity contribution in [3.8, 4) is 5.75 Å². The number of aryl methyl sites for hydroxylation is 1. The van der Waals surface area contributed by atoms with Crippen LogP contribution in [0.5, 0.6) is 5.75 Å². The van der Waals surface area contributed by atoms with Crippen molar-refractivity contribution >= 4 is 17.7 Å². The number of likely N-dealkylation sites (tertiary alicyclic amines) is 1. The number of amides is 3. The van der Waals surface area contributed by atoms with Crippen molar-refractivity contribution in [3.63, 3.8) is 0 Å². The average molecular weight is 491 g/mol. The van der Waals surface area contributed by atoms with Gasteiger partial charge in [-0.15, -0.1) is 0 Å². The van der Waals surface area contributed by atoms with Crippen LogP contribution in [0.25, 0.3) is 0 Å². The van der Waals surface area contributed by atoms with Crippen molar-refractivity contribution in [2.45, 2.75) is 63.3 Å². The number of fused-ring (bicyclic) bond motifs is 2. The molecule has 1 aromatic carbocycles. The number of benzene rings is 1. The summed E-state index contributed by atoms with van der Waals surface area (Å²) in [5.74, 6) is -0.0108. The molecule has 0 radical (unpaired) electrons. The Kier molecular flexibility index (Phi) is 5.76. The van der Waals surface area contributed by atoms with E-state index in [0.29, 0.717) is 36.2 Å². The summed E-state index contributed by atoms with van der Waals surface area (Å²) >= 11 is 0. The number of ether oxygens (including phenoxy) is 1. The van der Waals surface area contributed by atoms with Gasteiger partial charge in [-0.3, -0.25) is 29.6 Å². The van der Waals surface area contributed by atoms with Gasteiger partial charge in [0, 0.05) is 26.1 Å². The molecule has 0 spiro atoms. The van der Waals surface area contributed by atoms with E-state index in [0.717, 1.165) is 44.8 Å². The van der Waals surface area contributed by atoms with Crippen LogP contribution in [-0.2, 0) is 34.7 Å². The van der Waals surface area contributed by atoms with Crippen LogP contribution in [-0.4, -0.2) is 63.4 Å². The summed E-state index contributed by atoms with van der Waals surface area (Å²) in [7, 11) is 0. The average Bonchev–Trinajstić information content (AvgIpc) is 3.21. The molecule has 5 heterocycles. The zero-order valence-corrected chi connectivity index (χ0v) is 20.2. The number of carbonyl (C=O) groups is 3. The Bertz CT molecular complexity index is 1240. The molecule has 2 N–H and O–H groups in total. The first kappa shape index (κ1) is 23.1. The van der Waals surface area contributed by atoms with E-state index in [1.165, 1.54) is 16.0 Å². The molecule has 1 atom stereocenters. The Morgan fingerprint density at radius 2 is 1.94 bits per heavy atom. The molecule has 1 unspecified atom stereocenters. The van der Waals surface area contributed by atoms with Crippen LogP contribution in [0.4, 0.5) is 0 Å². The number of aromatic nitrogens is 1. The molecule has 3 amide bonds. The van der Waals surface area contributed by atoms with Gasteiger partial charge in [-0.2, -0.15) is 0 Å². The highest BCUT2D eigenvalue weighted by Crippen LogP contribution is 2.35. The minimum Gasteiger partial charge on any atom is -0.493 e. The number of nitrogens with zero attached hydrogens (tertiary/aromatic N) is 3. The maximum Gasteiger partial charge on any atom is 0.256 e. The minimum atomic E-state index is -1.06. The fourth-order valence-corrected chi connectivity index (χ4v) is 5.77. The normalized spacial score (nSPS) is 23.6. The number of carbonyl (C=O) groups excluding carboxylic acids is 3. The Hall–Kier alpha value is -3.30. The topological polar surface area (TPSA) is 112 Å². The Morgan fingerprint density at radius 1 is 1.11 bits per heavy atom. The molecule has 36 heavy (non-hydrogen) atoms. The number of nitrogens with one attached hydrogen (secondary N) is 1. The highest BCUT2D eigenvalue weighted by Gasteiger charge is 2.41. The predicted molar refractivity (Wildman–Crippen MR) is 129 cm³/mol. The number of hydrogen-bond donors (Lipinski definition) is 2. The van der Waals surface area contributed by atoms with Gasteiger partial charge in [-0.25, -0.2) is 0 Å². The summed E-state index contributed by atoms with van der Waals surface area (Å²) in [6, 6.07) is 9.25. The van der Waals surface area contributed by atoms with Crippen molar-refractivity contribution in [1.29, 1.82) is 0 Å². The highest BCUT2D eigenvalue weighted by molar-refractivity contribution is 6.05. The van der Waals surface area contributed by atoms with E-state index in [-0.39, 0.29) is 24.8 Å². The van der Waals surface area contributed by atoms with Crippen LogP contribution in [0.15, 0.2) is 30.3 Å². The summed E-state index contributed by atoms with van der Waals surface area (Å²) < 4.78 is 5.81. The largest absolute Gasteiger partial charge is 0.493 e. The van der Waals surface area contributed by atoms with Gasteiger partial charge in [-0.1, -0.05) is 12.1 Å². The minimum absolute atomic E-state index is 0.205. The SMILES string of the molecule is O=C1CCC(N2Cc3nc(C4(O)CCN(Cc5ccc6c(c5)OCCC6)CC4)ccc3C2=O)C(=O)N1. The molecule has 2 saturated heterocycles. The number of aliphatic hydroxyl groups is 1. The van der Waals surface area contributed by atoms with Crippen molar-refractivity contribution in [2.75, 3.05) is 19.7 Å². The second-order valence-electron chi connectivity index (χ2n) is 10.3. The predicted octanol–water partition coefficient (Wildman–Crippen LogP) is 1.65.